The van der Waals surface area contributed by atoms with Crippen LogP contribution in [-0.2, 0) is 7.05 Å². The van der Waals surface area contributed by atoms with Crippen molar-refractivity contribution in [3.05, 3.63) is 46.6 Å². The van der Waals surface area contributed by atoms with Crippen molar-refractivity contribution in [2.75, 3.05) is 0 Å². The first-order valence-corrected chi connectivity index (χ1v) is 11.5. The van der Waals surface area contributed by atoms with Crippen LogP contribution in [-0.4, -0.2) is 4.98 Å². The lowest BCUT2D eigenvalue weighted by Gasteiger charge is -2.26. The first-order valence-electron chi connectivity index (χ1n) is 10.7. The van der Waals surface area contributed by atoms with Crippen LogP contribution in [0.5, 0.6) is 11.5 Å². The predicted octanol–water partition coefficient (Wildman–Crippen LogP) is 6.71. The molecule has 1 aliphatic heterocycles. The largest absolute Gasteiger partial charge is 0.454 e. The minimum Gasteiger partial charge on any atom is -0.454 e. The highest BCUT2D eigenvalue weighted by molar-refractivity contribution is 7.19. The van der Waals surface area contributed by atoms with Gasteiger partial charge in [0, 0.05) is 5.56 Å². The third kappa shape index (κ3) is 2.35. The van der Waals surface area contributed by atoms with Gasteiger partial charge in [0.05, 0.1) is 17.5 Å². The summed E-state index contributed by atoms with van der Waals surface area (Å²) in [6.07, 6.45) is 8.53. The molecule has 1 aliphatic carbocycles. The number of fused-ring (bicyclic) bond motifs is 3. The molecule has 2 aromatic carbocycles. The molecule has 2 aliphatic rings. The summed E-state index contributed by atoms with van der Waals surface area (Å²) in [7, 11) is 2.11. The number of rotatable bonds is 1. The van der Waals surface area contributed by atoms with E-state index < -0.39 is 0 Å². The minimum atomic E-state index is 0.611. The lowest BCUT2D eigenvalue weighted by Crippen LogP contribution is -2.32. The highest BCUT2D eigenvalue weighted by Crippen LogP contribution is 2.55. The molecule has 0 unspecified atom stereocenters. The molecule has 1 fully saturated rings. The molecule has 4 heteroatoms. The molecule has 4 aromatic rings. The first-order chi connectivity index (χ1) is 14.1. The van der Waals surface area contributed by atoms with Crippen LogP contribution in [0.2, 0.25) is 0 Å². The van der Waals surface area contributed by atoms with Gasteiger partial charge in [-0.3, -0.25) is 0 Å². The average Bonchev–Trinajstić information content (AvgIpc) is 3.14. The van der Waals surface area contributed by atoms with Gasteiger partial charge in [0.1, 0.15) is 11.1 Å². The molecule has 6 rings (SSSR count). The van der Waals surface area contributed by atoms with Crippen LogP contribution in [0.15, 0.2) is 30.6 Å². The van der Waals surface area contributed by atoms with E-state index in [1.165, 1.54) is 75.5 Å². The number of nitrogens with zero attached hydrogens (tertiary/aromatic N) is 2. The molecule has 0 bridgehead atoms. The number of hydrogen-bond donors (Lipinski definition) is 0. The number of thiophene rings is 1. The topological polar surface area (TPSA) is 26.0 Å². The summed E-state index contributed by atoms with van der Waals surface area (Å²) in [6.45, 7) is 4.44. The van der Waals surface area contributed by atoms with Gasteiger partial charge in [-0.1, -0.05) is 54.9 Å². The van der Waals surface area contributed by atoms with Crippen LogP contribution in [0.25, 0.3) is 32.2 Å². The van der Waals surface area contributed by atoms with E-state index in [1.807, 2.05) is 17.7 Å². The lowest BCUT2D eigenvalue weighted by molar-refractivity contribution is -0.662. The monoisotopic (exact) mass is 401 g/mol. The number of hydrogen-bond acceptors (Lipinski definition) is 3. The van der Waals surface area contributed by atoms with Gasteiger partial charge in [0.25, 0.3) is 6.33 Å². The summed E-state index contributed by atoms with van der Waals surface area (Å²) < 4.78 is 8.99. The van der Waals surface area contributed by atoms with Crippen LogP contribution in [0, 0.1) is 13.8 Å². The Morgan fingerprint density at radius 3 is 2.48 bits per heavy atom. The Morgan fingerprint density at radius 1 is 1.00 bits per heavy atom. The zero-order valence-electron chi connectivity index (χ0n) is 17.2. The van der Waals surface area contributed by atoms with Crippen LogP contribution < -0.4 is 9.30 Å². The zero-order chi connectivity index (χ0) is 19.7. The van der Waals surface area contributed by atoms with Gasteiger partial charge in [0.2, 0.25) is 4.83 Å². The van der Waals surface area contributed by atoms with Crippen molar-refractivity contribution < 1.29 is 9.30 Å². The third-order valence-electron chi connectivity index (χ3n) is 6.90. The first kappa shape index (κ1) is 17.4. The fourth-order valence-electron chi connectivity index (χ4n) is 5.40. The molecule has 2 aromatic heterocycles. The van der Waals surface area contributed by atoms with Crippen molar-refractivity contribution in [1.82, 2.24) is 4.98 Å². The van der Waals surface area contributed by atoms with Gasteiger partial charge >= 0.3 is 0 Å². The number of benzene rings is 2. The van der Waals surface area contributed by atoms with Crippen molar-refractivity contribution in [2.45, 2.75) is 51.9 Å². The maximum Gasteiger partial charge on any atom is 0.288 e. The van der Waals surface area contributed by atoms with Crippen molar-refractivity contribution in [3.63, 3.8) is 0 Å². The van der Waals surface area contributed by atoms with Gasteiger partial charge in [-0.25, -0.2) is 4.57 Å². The lowest BCUT2D eigenvalue weighted by atomic mass is 9.86. The fraction of sp³-hybridized carbons (Fsp3) is 0.360. The summed E-state index contributed by atoms with van der Waals surface area (Å²) in [5.74, 6) is 2.73. The number of ether oxygens (including phenoxy) is 1. The number of aryl methyl sites for hydroxylation is 3. The molecule has 0 atom stereocenters. The predicted molar refractivity (Wildman–Crippen MR) is 119 cm³/mol. The molecule has 3 nitrogen and oxygen atoms in total. The zero-order valence-corrected chi connectivity index (χ0v) is 18.0. The van der Waals surface area contributed by atoms with E-state index in [0.29, 0.717) is 5.92 Å². The minimum absolute atomic E-state index is 0.611. The Hall–Kier alpha value is -2.46. The maximum absolute atomic E-state index is 6.81. The van der Waals surface area contributed by atoms with Gasteiger partial charge < -0.3 is 4.74 Å². The van der Waals surface area contributed by atoms with E-state index in [0.717, 1.165) is 16.3 Å². The molecule has 3 heterocycles. The standard InChI is InChI=1S/C25H25N2OS/c1-14-17-11-7-8-12-18(17)15(2)22-19(14)21-20-23(28-22)24(16-9-5-4-6-10-16)29-25(20)26-13-27(21)3/h7-8,11-13,16H,4-6,9-10H2,1-3H3/q+1. The Bertz CT molecular complexity index is 1300. The fourth-order valence-corrected chi connectivity index (χ4v) is 6.64. The molecule has 0 saturated heterocycles. The SMILES string of the molecule is Cc1c2c(c(C)c3ccccc13)-c1c3c(c(C4CCCCC4)sc3nc[n+]1C)O2. The Balaban J connectivity index is 1.72. The Labute approximate surface area is 175 Å². The summed E-state index contributed by atoms with van der Waals surface area (Å²) in [5, 5.41) is 3.81. The normalized spacial score (nSPS) is 16.2. The highest BCUT2D eigenvalue weighted by atomic mass is 32.1. The molecule has 0 amide bonds. The third-order valence-corrected chi connectivity index (χ3v) is 8.15. The van der Waals surface area contributed by atoms with Crippen molar-refractivity contribution in [2.24, 2.45) is 7.05 Å². The molecule has 0 N–H and O–H groups in total. The van der Waals surface area contributed by atoms with E-state index in [-0.39, 0.29) is 0 Å². The second-order valence-electron chi connectivity index (χ2n) is 8.62. The molecular formula is C25H25N2OS+. The van der Waals surface area contributed by atoms with Crippen molar-refractivity contribution in [1.29, 1.82) is 0 Å². The van der Waals surface area contributed by atoms with Gasteiger partial charge in [-0.05, 0) is 53.9 Å². The van der Waals surface area contributed by atoms with Gasteiger partial charge in [0.15, 0.2) is 11.4 Å². The smallest absolute Gasteiger partial charge is 0.288 e. The van der Waals surface area contributed by atoms with Crippen LogP contribution in [0.1, 0.15) is 54.0 Å². The molecular weight excluding hydrogens is 376 g/mol. The Kier molecular flexibility index (Phi) is 3.76. The molecule has 0 radical (unpaired) electrons. The van der Waals surface area contributed by atoms with E-state index in [9.17, 15) is 0 Å². The second kappa shape index (κ2) is 6.27. The quantitative estimate of drug-likeness (QED) is 0.292. The van der Waals surface area contributed by atoms with Gasteiger partial charge in [-0.15, -0.1) is 0 Å². The summed E-state index contributed by atoms with van der Waals surface area (Å²) >= 11 is 1.86. The maximum atomic E-state index is 6.81. The molecule has 1 saturated carbocycles. The van der Waals surface area contributed by atoms with Crippen molar-refractivity contribution in [3.8, 4) is 22.8 Å². The molecule has 29 heavy (non-hydrogen) atoms. The summed E-state index contributed by atoms with van der Waals surface area (Å²) in [6, 6.07) is 8.70. The van der Waals surface area contributed by atoms with E-state index in [4.69, 9.17) is 9.72 Å². The second-order valence-corrected chi connectivity index (χ2v) is 9.65. The van der Waals surface area contributed by atoms with Crippen molar-refractivity contribution >= 4 is 32.3 Å². The average molecular weight is 402 g/mol. The number of aromatic nitrogens is 2. The van der Waals surface area contributed by atoms with Crippen LogP contribution in [0.3, 0.4) is 0 Å². The Morgan fingerprint density at radius 2 is 1.72 bits per heavy atom. The molecule has 146 valence electrons. The van der Waals surface area contributed by atoms with E-state index in [1.54, 1.807) is 0 Å². The van der Waals surface area contributed by atoms with Gasteiger partial charge in [-0.2, -0.15) is 0 Å². The van der Waals surface area contributed by atoms with E-state index in [2.05, 4.69) is 49.7 Å². The summed E-state index contributed by atoms with van der Waals surface area (Å²) in [5.41, 5.74) is 5.02. The highest BCUT2D eigenvalue weighted by Gasteiger charge is 2.36. The van der Waals surface area contributed by atoms with Crippen LogP contribution in [0.4, 0.5) is 0 Å². The van der Waals surface area contributed by atoms with E-state index >= 15 is 0 Å². The summed E-state index contributed by atoms with van der Waals surface area (Å²) in [4.78, 5) is 7.32. The molecule has 0 spiro atoms. The van der Waals surface area contributed by atoms with Crippen LogP contribution >= 0.6 is 11.3 Å².